The standard InChI is InChI=1S/C28H33F2N/c1-2-3-4-5-6-7-19-10-14-23-22(16-19)13-15-24-25(23)17-26(29)27(28(24)30)21-11-8-20(18-31)9-12-21/h8-9,11-12,17,19,22-23H,2-7,10,13-16H2,1H3. The van der Waals surface area contributed by atoms with Crippen LogP contribution in [0.1, 0.15) is 93.7 Å². The molecule has 2 aliphatic rings. The van der Waals surface area contributed by atoms with Crippen LogP contribution in [0, 0.1) is 34.8 Å². The third kappa shape index (κ3) is 4.69. The Morgan fingerprint density at radius 2 is 1.77 bits per heavy atom. The number of halogens is 2. The van der Waals surface area contributed by atoms with Gasteiger partial charge in [0.1, 0.15) is 11.6 Å². The normalized spacial score (nSPS) is 22.5. The Morgan fingerprint density at radius 3 is 2.52 bits per heavy atom. The van der Waals surface area contributed by atoms with Crippen molar-refractivity contribution in [2.45, 2.75) is 83.5 Å². The zero-order valence-corrected chi connectivity index (χ0v) is 18.6. The van der Waals surface area contributed by atoms with E-state index in [2.05, 4.69) is 13.0 Å². The average molecular weight is 422 g/mol. The van der Waals surface area contributed by atoms with Crippen LogP contribution >= 0.6 is 0 Å². The predicted octanol–water partition coefficient (Wildman–Crippen LogP) is 8.31. The summed E-state index contributed by atoms with van der Waals surface area (Å²) in [5, 5.41) is 8.98. The summed E-state index contributed by atoms with van der Waals surface area (Å²) in [6.45, 7) is 2.25. The van der Waals surface area contributed by atoms with Gasteiger partial charge in [-0.05, 0) is 84.7 Å². The van der Waals surface area contributed by atoms with Crippen molar-refractivity contribution in [1.82, 2.24) is 0 Å². The Balaban J connectivity index is 1.49. The van der Waals surface area contributed by atoms with Gasteiger partial charge in [-0.1, -0.05) is 57.6 Å². The minimum atomic E-state index is -0.473. The molecule has 3 heteroatoms. The molecule has 2 aliphatic carbocycles. The molecule has 3 atom stereocenters. The van der Waals surface area contributed by atoms with Crippen molar-refractivity contribution in [3.63, 3.8) is 0 Å². The first-order valence-electron chi connectivity index (χ1n) is 12.1. The minimum absolute atomic E-state index is 0.0578. The third-order valence-electron chi connectivity index (χ3n) is 7.63. The summed E-state index contributed by atoms with van der Waals surface area (Å²) in [4.78, 5) is 0. The summed E-state index contributed by atoms with van der Waals surface area (Å²) in [6.07, 6.45) is 13.2. The second kappa shape index (κ2) is 9.94. The largest absolute Gasteiger partial charge is 0.206 e. The first-order valence-corrected chi connectivity index (χ1v) is 12.1. The second-order valence-corrected chi connectivity index (χ2v) is 9.59. The zero-order chi connectivity index (χ0) is 21.8. The molecule has 4 rings (SSSR count). The van der Waals surface area contributed by atoms with Gasteiger partial charge in [-0.3, -0.25) is 0 Å². The quantitative estimate of drug-likeness (QED) is 0.412. The molecule has 0 aliphatic heterocycles. The van der Waals surface area contributed by atoms with Crippen molar-refractivity contribution in [1.29, 1.82) is 5.26 Å². The van der Waals surface area contributed by atoms with Gasteiger partial charge in [0.25, 0.3) is 0 Å². The van der Waals surface area contributed by atoms with Gasteiger partial charge in [0.2, 0.25) is 0 Å². The van der Waals surface area contributed by atoms with E-state index in [-0.39, 0.29) is 5.56 Å². The Bertz CT molecular complexity index is 941. The smallest absolute Gasteiger partial charge is 0.137 e. The van der Waals surface area contributed by atoms with Crippen molar-refractivity contribution in [3.8, 4) is 17.2 Å². The van der Waals surface area contributed by atoms with Crippen molar-refractivity contribution in [2.75, 3.05) is 0 Å². The van der Waals surface area contributed by atoms with Crippen LogP contribution in [0.2, 0.25) is 0 Å². The molecule has 31 heavy (non-hydrogen) atoms. The van der Waals surface area contributed by atoms with Gasteiger partial charge in [-0.2, -0.15) is 5.26 Å². The maximum atomic E-state index is 15.5. The molecule has 2 aromatic carbocycles. The first-order chi connectivity index (χ1) is 15.1. The van der Waals surface area contributed by atoms with Gasteiger partial charge >= 0.3 is 0 Å². The van der Waals surface area contributed by atoms with Crippen LogP contribution in [0.4, 0.5) is 8.78 Å². The SMILES string of the molecule is CCCCCCCC1CCC2c3cc(F)c(-c4ccc(C#N)cc4)c(F)c3CCC2C1. The molecular weight excluding hydrogens is 388 g/mol. The lowest BCUT2D eigenvalue weighted by Crippen LogP contribution is -2.29. The second-order valence-electron chi connectivity index (χ2n) is 9.59. The Labute approximate surface area is 185 Å². The summed E-state index contributed by atoms with van der Waals surface area (Å²) in [6, 6.07) is 10.2. The van der Waals surface area contributed by atoms with E-state index in [1.165, 1.54) is 51.4 Å². The van der Waals surface area contributed by atoms with E-state index in [9.17, 15) is 0 Å². The van der Waals surface area contributed by atoms with Crippen molar-refractivity contribution in [2.24, 2.45) is 11.8 Å². The Hall–Kier alpha value is -2.21. The maximum Gasteiger partial charge on any atom is 0.137 e. The molecule has 1 saturated carbocycles. The maximum absolute atomic E-state index is 15.5. The van der Waals surface area contributed by atoms with Crippen LogP contribution in [-0.2, 0) is 6.42 Å². The third-order valence-corrected chi connectivity index (χ3v) is 7.63. The fourth-order valence-corrected chi connectivity index (χ4v) is 5.96. The number of nitriles is 1. The molecule has 2 aromatic rings. The molecule has 1 nitrogen and oxygen atoms in total. The summed E-state index contributed by atoms with van der Waals surface area (Å²) in [5.74, 6) is 0.800. The molecule has 0 amide bonds. The van der Waals surface area contributed by atoms with Crippen LogP contribution in [0.5, 0.6) is 0 Å². The summed E-state index contributed by atoms with van der Waals surface area (Å²) in [7, 11) is 0. The van der Waals surface area contributed by atoms with Crippen LogP contribution in [0.25, 0.3) is 11.1 Å². The number of unbranched alkanes of at least 4 members (excludes halogenated alkanes) is 4. The van der Waals surface area contributed by atoms with Gasteiger partial charge in [0, 0.05) is 0 Å². The van der Waals surface area contributed by atoms with E-state index in [1.807, 2.05) is 0 Å². The highest BCUT2D eigenvalue weighted by atomic mass is 19.1. The highest BCUT2D eigenvalue weighted by molar-refractivity contribution is 5.68. The topological polar surface area (TPSA) is 23.8 Å². The molecule has 0 spiro atoms. The molecule has 0 saturated heterocycles. The number of fused-ring (bicyclic) bond motifs is 3. The van der Waals surface area contributed by atoms with Crippen LogP contribution < -0.4 is 0 Å². The fourth-order valence-electron chi connectivity index (χ4n) is 5.96. The summed E-state index contributed by atoms with van der Waals surface area (Å²) >= 11 is 0. The zero-order valence-electron chi connectivity index (χ0n) is 18.6. The minimum Gasteiger partial charge on any atom is -0.206 e. The summed E-state index contributed by atoms with van der Waals surface area (Å²) < 4.78 is 30.6. The lowest BCUT2D eigenvalue weighted by atomic mass is 9.64. The highest BCUT2D eigenvalue weighted by Gasteiger charge is 2.37. The molecule has 0 N–H and O–H groups in total. The van der Waals surface area contributed by atoms with E-state index < -0.39 is 11.6 Å². The van der Waals surface area contributed by atoms with Crippen molar-refractivity contribution in [3.05, 3.63) is 58.7 Å². The predicted molar refractivity (Wildman–Crippen MR) is 122 cm³/mol. The van der Waals surface area contributed by atoms with Gasteiger partial charge in [-0.25, -0.2) is 8.78 Å². The molecule has 1 fully saturated rings. The number of benzene rings is 2. The van der Waals surface area contributed by atoms with E-state index in [4.69, 9.17) is 5.26 Å². The van der Waals surface area contributed by atoms with E-state index in [0.717, 1.165) is 29.9 Å². The molecule has 0 bridgehead atoms. The molecule has 0 radical (unpaired) electrons. The lowest BCUT2D eigenvalue weighted by molar-refractivity contribution is 0.197. The van der Waals surface area contributed by atoms with Crippen molar-refractivity contribution >= 4 is 0 Å². The molecule has 0 aromatic heterocycles. The number of nitrogens with zero attached hydrogens (tertiary/aromatic N) is 1. The number of rotatable bonds is 7. The summed E-state index contributed by atoms with van der Waals surface area (Å²) in [5.41, 5.74) is 2.70. The van der Waals surface area contributed by atoms with Gasteiger partial charge in [-0.15, -0.1) is 0 Å². The monoisotopic (exact) mass is 421 g/mol. The molecule has 0 heterocycles. The van der Waals surface area contributed by atoms with Gasteiger partial charge < -0.3 is 0 Å². The number of hydrogen-bond donors (Lipinski definition) is 0. The molecule has 164 valence electrons. The van der Waals surface area contributed by atoms with E-state index >= 15 is 8.78 Å². The van der Waals surface area contributed by atoms with Crippen molar-refractivity contribution < 1.29 is 8.78 Å². The van der Waals surface area contributed by atoms with E-state index in [1.54, 1.807) is 30.3 Å². The lowest BCUT2D eigenvalue weighted by Gasteiger charge is -2.41. The van der Waals surface area contributed by atoms with E-state index in [0.29, 0.717) is 29.4 Å². The van der Waals surface area contributed by atoms with Crippen LogP contribution in [0.15, 0.2) is 30.3 Å². The first kappa shape index (κ1) is 22.0. The highest BCUT2D eigenvalue weighted by Crippen LogP contribution is 2.49. The van der Waals surface area contributed by atoms with Crippen LogP contribution in [0.3, 0.4) is 0 Å². The molecular formula is C28H33F2N. The molecule has 3 unspecified atom stereocenters. The van der Waals surface area contributed by atoms with Crippen LogP contribution in [-0.4, -0.2) is 0 Å². The Morgan fingerprint density at radius 1 is 1.00 bits per heavy atom. The number of hydrogen-bond acceptors (Lipinski definition) is 1. The fraction of sp³-hybridized carbons (Fsp3) is 0.536. The average Bonchev–Trinajstić information content (AvgIpc) is 2.79. The van der Waals surface area contributed by atoms with Gasteiger partial charge in [0.15, 0.2) is 0 Å². The Kier molecular flexibility index (Phi) is 7.06. The van der Waals surface area contributed by atoms with Gasteiger partial charge in [0.05, 0.1) is 17.2 Å².